The van der Waals surface area contributed by atoms with Crippen molar-refractivity contribution in [1.29, 1.82) is 0 Å². The van der Waals surface area contributed by atoms with Gasteiger partial charge in [0.15, 0.2) is 5.82 Å². The molecule has 146 valence electrons. The molecule has 6 nitrogen and oxygen atoms in total. The summed E-state index contributed by atoms with van der Waals surface area (Å²) in [6.07, 6.45) is 7.63. The van der Waals surface area contributed by atoms with Gasteiger partial charge in [-0.2, -0.15) is 0 Å². The number of hydrogen-bond acceptors (Lipinski definition) is 4. The molecule has 0 saturated heterocycles. The van der Waals surface area contributed by atoms with Gasteiger partial charge < -0.3 is 14.7 Å². The fourth-order valence-corrected chi connectivity index (χ4v) is 2.82. The fourth-order valence-electron chi connectivity index (χ4n) is 2.82. The lowest BCUT2D eigenvalue weighted by Crippen LogP contribution is -2.38. The van der Waals surface area contributed by atoms with E-state index < -0.39 is 0 Å². The second kappa shape index (κ2) is 11.2. The summed E-state index contributed by atoms with van der Waals surface area (Å²) in [6.45, 7) is 4.82. The third-order valence-corrected chi connectivity index (χ3v) is 4.38. The van der Waals surface area contributed by atoms with Crippen LogP contribution in [0.1, 0.15) is 61.9 Å². The fraction of sp³-hybridized carbons (Fsp3) is 0.476. The molecule has 0 atom stereocenters. The summed E-state index contributed by atoms with van der Waals surface area (Å²) < 4.78 is 4.71. The molecule has 1 heterocycles. The van der Waals surface area contributed by atoms with Crippen molar-refractivity contribution in [2.24, 2.45) is 0 Å². The van der Waals surface area contributed by atoms with Crippen molar-refractivity contribution in [2.45, 2.75) is 52.4 Å². The van der Waals surface area contributed by atoms with Crippen molar-refractivity contribution in [3.05, 3.63) is 47.7 Å². The number of benzene rings is 1. The monoisotopic (exact) mass is 371 g/mol. The number of aryl methyl sites for hydroxylation is 1. The highest BCUT2D eigenvalue weighted by Crippen LogP contribution is 2.12. The second-order valence-electron chi connectivity index (χ2n) is 6.67. The standard InChI is InChI=1S/C21H29N3O3/c1-3-5-7-14-24(16-20(25)22-19-13-15-27-23-19)21(26)18-11-9-17(10-12-18)8-6-4-2/h9-13,15H,3-8,14,16H2,1-2H3,(H,22,23,25). The van der Waals surface area contributed by atoms with E-state index in [0.717, 1.165) is 38.5 Å². The molecule has 0 fully saturated rings. The normalized spacial score (nSPS) is 10.6. The van der Waals surface area contributed by atoms with E-state index in [4.69, 9.17) is 4.52 Å². The molecule has 1 N–H and O–H groups in total. The van der Waals surface area contributed by atoms with Gasteiger partial charge in [0, 0.05) is 18.2 Å². The molecule has 0 saturated carbocycles. The van der Waals surface area contributed by atoms with Crippen LogP contribution in [-0.2, 0) is 11.2 Å². The second-order valence-corrected chi connectivity index (χ2v) is 6.67. The molecule has 2 rings (SSSR count). The molecule has 0 aliphatic carbocycles. The molecular weight excluding hydrogens is 342 g/mol. The summed E-state index contributed by atoms with van der Waals surface area (Å²) in [5, 5.41) is 6.31. The summed E-state index contributed by atoms with van der Waals surface area (Å²) in [6, 6.07) is 9.28. The maximum atomic E-state index is 12.9. The molecule has 2 amide bonds. The number of aromatic nitrogens is 1. The first kappa shape index (κ1) is 20.7. The van der Waals surface area contributed by atoms with Crippen molar-refractivity contribution in [1.82, 2.24) is 10.1 Å². The minimum absolute atomic E-state index is 0.00695. The number of carbonyl (C=O) groups is 2. The number of nitrogens with one attached hydrogen (secondary N) is 1. The Kier molecular flexibility index (Phi) is 8.55. The Morgan fingerprint density at radius 3 is 2.41 bits per heavy atom. The lowest BCUT2D eigenvalue weighted by atomic mass is 10.1. The van der Waals surface area contributed by atoms with E-state index in [9.17, 15) is 9.59 Å². The molecule has 0 spiro atoms. The quantitative estimate of drug-likeness (QED) is 0.598. The van der Waals surface area contributed by atoms with Gasteiger partial charge >= 0.3 is 0 Å². The van der Waals surface area contributed by atoms with Crippen LogP contribution in [0, 0.1) is 0 Å². The SMILES string of the molecule is CCCCCN(CC(=O)Nc1ccon1)C(=O)c1ccc(CCCC)cc1. The molecule has 0 bridgehead atoms. The van der Waals surface area contributed by atoms with Crippen LogP contribution in [0.3, 0.4) is 0 Å². The van der Waals surface area contributed by atoms with Gasteiger partial charge in [-0.25, -0.2) is 0 Å². The summed E-state index contributed by atoms with van der Waals surface area (Å²) in [4.78, 5) is 26.8. The Hall–Kier alpha value is -2.63. The van der Waals surface area contributed by atoms with Crippen LogP contribution in [-0.4, -0.2) is 35.0 Å². The van der Waals surface area contributed by atoms with E-state index in [-0.39, 0.29) is 18.4 Å². The van der Waals surface area contributed by atoms with E-state index in [1.807, 2.05) is 24.3 Å². The zero-order valence-corrected chi connectivity index (χ0v) is 16.2. The highest BCUT2D eigenvalue weighted by Gasteiger charge is 2.19. The number of rotatable bonds is 11. The van der Waals surface area contributed by atoms with Crippen LogP contribution in [0.25, 0.3) is 0 Å². The summed E-state index contributed by atoms with van der Waals surface area (Å²) in [5.41, 5.74) is 1.84. The van der Waals surface area contributed by atoms with Crippen LogP contribution in [0.15, 0.2) is 41.1 Å². The topological polar surface area (TPSA) is 75.4 Å². The van der Waals surface area contributed by atoms with Crippen molar-refractivity contribution in [2.75, 3.05) is 18.4 Å². The Bertz CT molecular complexity index is 696. The van der Waals surface area contributed by atoms with E-state index in [0.29, 0.717) is 17.9 Å². The Morgan fingerprint density at radius 2 is 1.78 bits per heavy atom. The smallest absolute Gasteiger partial charge is 0.254 e. The van der Waals surface area contributed by atoms with Crippen LogP contribution in [0.4, 0.5) is 5.82 Å². The van der Waals surface area contributed by atoms with Gasteiger partial charge in [-0.1, -0.05) is 50.4 Å². The molecule has 0 unspecified atom stereocenters. The van der Waals surface area contributed by atoms with Gasteiger partial charge in [-0.05, 0) is 37.0 Å². The van der Waals surface area contributed by atoms with E-state index >= 15 is 0 Å². The molecule has 0 aliphatic rings. The maximum Gasteiger partial charge on any atom is 0.254 e. The molecular formula is C21H29N3O3. The minimum Gasteiger partial charge on any atom is -0.363 e. The van der Waals surface area contributed by atoms with E-state index in [1.54, 1.807) is 11.0 Å². The Balaban J connectivity index is 2.02. The number of hydrogen-bond donors (Lipinski definition) is 1. The van der Waals surface area contributed by atoms with E-state index in [2.05, 4.69) is 24.3 Å². The zero-order chi connectivity index (χ0) is 19.5. The number of anilines is 1. The first-order valence-electron chi connectivity index (χ1n) is 9.72. The van der Waals surface area contributed by atoms with Gasteiger partial charge in [0.2, 0.25) is 5.91 Å². The highest BCUT2D eigenvalue weighted by atomic mass is 16.5. The molecule has 27 heavy (non-hydrogen) atoms. The molecule has 0 radical (unpaired) electrons. The third kappa shape index (κ3) is 6.89. The third-order valence-electron chi connectivity index (χ3n) is 4.38. The number of carbonyl (C=O) groups excluding carboxylic acids is 2. The predicted molar refractivity (Wildman–Crippen MR) is 106 cm³/mol. The summed E-state index contributed by atoms with van der Waals surface area (Å²) in [7, 11) is 0. The minimum atomic E-state index is -0.284. The number of unbranched alkanes of at least 4 members (excludes halogenated alkanes) is 3. The molecule has 0 aliphatic heterocycles. The van der Waals surface area contributed by atoms with Gasteiger partial charge in [-0.15, -0.1) is 0 Å². The number of nitrogens with zero attached hydrogens (tertiary/aromatic N) is 2. The van der Waals surface area contributed by atoms with Gasteiger partial charge in [0.05, 0.1) is 0 Å². The van der Waals surface area contributed by atoms with Crippen molar-refractivity contribution < 1.29 is 14.1 Å². The Morgan fingerprint density at radius 1 is 1.04 bits per heavy atom. The lowest BCUT2D eigenvalue weighted by Gasteiger charge is -2.22. The van der Waals surface area contributed by atoms with Crippen LogP contribution in [0.2, 0.25) is 0 Å². The average Bonchev–Trinajstić information content (AvgIpc) is 3.18. The van der Waals surface area contributed by atoms with Crippen molar-refractivity contribution in [3.8, 4) is 0 Å². The van der Waals surface area contributed by atoms with Crippen LogP contribution >= 0.6 is 0 Å². The molecule has 6 heteroatoms. The zero-order valence-electron chi connectivity index (χ0n) is 16.2. The first-order valence-corrected chi connectivity index (χ1v) is 9.72. The van der Waals surface area contributed by atoms with Gasteiger partial charge in [0.1, 0.15) is 12.8 Å². The van der Waals surface area contributed by atoms with Crippen LogP contribution < -0.4 is 5.32 Å². The first-order chi connectivity index (χ1) is 13.1. The van der Waals surface area contributed by atoms with Crippen LogP contribution in [0.5, 0.6) is 0 Å². The van der Waals surface area contributed by atoms with Gasteiger partial charge in [-0.3, -0.25) is 9.59 Å². The van der Waals surface area contributed by atoms with Crippen molar-refractivity contribution >= 4 is 17.6 Å². The molecule has 1 aromatic carbocycles. The number of amides is 2. The summed E-state index contributed by atoms with van der Waals surface area (Å²) >= 11 is 0. The molecule has 1 aromatic heterocycles. The lowest BCUT2D eigenvalue weighted by molar-refractivity contribution is -0.117. The average molecular weight is 371 g/mol. The molecule has 2 aromatic rings. The summed E-state index contributed by atoms with van der Waals surface area (Å²) in [5.74, 6) is -0.0574. The highest BCUT2D eigenvalue weighted by molar-refractivity contribution is 5.99. The largest absolute Gasteiger partial charge is 0.363 e. The van der Waals surface area contributed by atoms with Gasteiger partial charge in [0.25, 0.3) is 5.91 Å². The maximum absolute atomic E-state index is 12.9. The van der Waals surface area contributed by atoms with E-state index in [1.165, 1.54) is 11.8 Å². The van der Waals surface area contributed by atoms with Crippen molar-refractivity contribution in [3.63, 3.8) is 0 Å². The Labute approximate surface area is 160 Å². The predicted octanol–water partition coefficient (Wildman–Crippen LogP) is 4.29.